The third kappa shape index (κ3) is 4.26. The molecule has 2 aromatic heterocycles. The lowest BCUT2D eigenvalue weighted by molar-refractivity contribution is -0.132. The Morgan fingerprint density at radius 1 is 1.28 bits per heavy atom. The van der Waals surface area contributed by atoms with Crippen molar-refractivity contribution in [1.29, 1.82) is 5.26 Å². The first-order valence-corrected chi connectivity index (χ1v) is 10.5. The van der Waals surface area contributed by atoms with E-state index in [0.717, 1.165) is 29.1 Å². The molecule has 7 nitrogen and oxygen atoms in total. The molecule has 0 N–H and O–H groups in total. The van der Waals surface area contributed by atoms with Gasteiger partial charge in [-0.05, 0) is 38.0 Å². The van der Waals surface area contributed by atoms with Crippen LogP contribution >= 0.6 is 0 Å². The van der Waals surface area contributed by atoms with Gasteiger partial charge in [0.2, 0.25) is 5.91 Å². The number of aromatic nitrogens is 3. The van der Waals surface area contributed by atoms with Gasteiger partial charge in [0.05, 0.1) is 6.20 Å². The second-order valence-corrected chi connectivity index (χ2v) is 7.94. The van der Waals surface area contributed by atoms with Crippen molar-refractivity contribution in [3.63, 3.8) is 0 Å². The Balaban J connectivity index is 1.34. The minimum atomic E-state index is -0.723. The van der Waals surface area contributed by atoms with Crippen LogP contribution in [0.3, 0.4) is 0 Å². The highest BCUT2D eigenvalue weighted by atomic mass is 19.1. The van der Waals surface area contributed by atoms with Crippen LogP contribution in [0.4, 0.5) is 8.78 Å². The van der Waals surface area contributed by atoms with Gasteiger partial charge in [0.15, 0.2) is 17.2 Å². The van der Waals surface area contributed by atoms with Gasteiger partial charge in [0.25, 0.3) is 0 Å². The molecular weight excluding hydrogens is 416 g/mol. The Hall–Kier alpha value is -3.54. The summed E-state index contributed by atoms with van der Waals surface area (Å²) in [6, 6.07) is 5.34. The molecule has 1 amide bonds. The summed E-state index contributed by atoms with van der Waals surface area (Å²) >= 11 is 0. The zero-order valence-corrected chi connectivity index (χ0v) is 17.9. The number of rotatable bonds is 5. The molecule has 1 aliphatic rings. The van der Waals surface area contributed by atoms with Crippen LogP contribution in [0.15, 0.2) is 24.4 Å². The maximum absolute atomic E-state index is 13.8. The number of halogens is 2. The molecule has 1 saturated heterocycles. The van der Waals surface area contributed by atoms with Crippen LogP contribution in [-0.4, -0.2) is 44.6 Å². The highest BCUT2D eigenvalue weighted by Crippen LogP contribution is 2.24. The minimum absolute atomic E-state index is 0.0307. The topological polar surface area (TPSA) is 83.5 Å². The van der Waals surface area contributed by atoms with E-state index in [1.54, 1.807) is 9.42 Å². The lowest BCUT2D eigenvalue weighted by Gasteiger charge is -2.32. The predicted octanol–water partition coefficient (Wildman–Crippen LogP) is 3.50. The highest BCUT2D eigenvalue weighted by Gasteiger charge is 2.25. The van der Waals surface area contributed by atoms with Crippen LogP contribution in [0.5, 0.6) is 5.75 Å². The molecule has 32 heavy (non-hydrogen) atoms. The van der Waals surface area contributed by atoms with Crippen molar-refractivity contribution in [3.8, 4) is 11.8 Å². The molecule has 0 aliphatic carbocycles. The smallest absolute Gasteiger partial charge is 0.222 e. The molecule has 1 fully saturated rings. The van der Waals surface area contributed by atoms with E-state index in [0.29, 0.717) is 50.0 Å². The molecule has 9 heteroatoms. The lowest BCUT2D eigenvalue weighted by atomic mass is 10.0. The number of nitriles is 1. The van der Waals surface area contributed by atoms with Crippen molar-refractivity contribution < 1.29 is 18.3 Å². The van der Waals surface area contributed by atoms with E-state index in [1.807, 2.05) is 13.8 Å². The summed E-state index contributed by atoms with van der Waals surface area (Å²) in [4.78, 5) is 19.1. The van der Waals surface area contributed by atoms with E-state index in [2.05, 4.69) is 16.2 Å². The van der Waals surface area contributed by atoms with Crippen molar-refractivity contribution in [2.75, 3.05) is 13.1 Å². The summed E-state index contributed by atoms with van der Waals surface area (Å²) in [5, 5.41) is 13.4. The van der Waals surface area contributed by atoms with Gasteiger partial charge in [-0.25, -0.2) is 18.3 Å². The molecule has 3 heterocycles. The van der Waals surface area contributed by atoms with Gasteiger partial charge in [0, 0.05) is 49.8 Å². The van der Waals surface area contributed by atoms with Crippen molar-refractivity contribution in [1.82, 2.24) is 19.5 Å². The van der Waals surface area contributed by atoms with Gasteiger partial charge in [-0.2, -0.15) is 10.4 Å². The number of aryl methyl sites for hydroxylation is 2. The van der Waals surface area contributed by atoms with Gasteiger partial charge >= 0.3 is 0 Å². The average molecular weight is 439 g/mol. The second-order valence-electron chi connectivity index (χ2n) is 7.94. The monoisotopic (exact) mass is 439 g/mol. The zero-order chi connectivity index (χ0) is 22.8. The maximum atomic E-state index is 13.8. The van der Waals surface area contributed by atoms with E-state index in [1.165, 1.54) is 12.3 Å². The number of hydrogen-bond acceptors (Lipinski definition) is 5. The first-order valence-electron chi connectivity index (χ1n) is 10.5. The summed E-state index contributed by atoms with van der Waals surface area (Å²) in [5.74, 6) is -1.30. The molecule has 3 aromatic rings. The van der Waals surface area contributed by atoms with E-state index < -0.39 is 11.6 Å². The summed E-state index contributed by atoms with van der Waals surface area (Å²) in [7, 11) is 0. The van der Waals surface area contributed by atoms with E-state index in [4.69, 9.17) is 4.74 Å². The molecule has 1 aromatic carbocycles. The number of carbonyl (C=O) groups is 1. The molecule has 0 atom stereocenters. The Morgan fingerprint density at radius 2 is 2.03 bits per heavy atom. The van der Waals surface area contributed by atoms with Crippen LogP contribution in [0.25, 0.3) is 5.65 Å². The quantitative estimate of drug-likeness (QED) is 0.608. The largest absolute Gasteiger partial charge is 0.487 e. The van der Waals surface area contributed by atoms with Gasteiger partial charge in [-0.1, -0.05) is 0 Å². The molecular formula is C23H23F2N5O2. The van der Waals surface area contributed by atoms with Crippen LogP contribution in [0.2, 0.25) is 0 Å². The summed E-state index contributed by atoms with van der Waals surface area (Å²) in [6.07, 6.45) is 3.30. The summed E-state index contributed by atoms with van der Waals surface area (Å²) < 4.78 is 34.1. The van der Waals surface area contributed by atoms with E-state index in [-0.39, 0.29) is 17.8 Å². The Morgan fingerprint density at radius 3 is 2.72 bits per heavy atom. The minimum Gasteiger partial charge on any atom is -0.487 e. The van der Waals surface area contributed by atoms with E-state index >= 15 is 0 Å². The number of hydrogen-bond donors (Lipinski definition) is 0. The fourth-order valence-corrected chi connectivity index (χ4v) is 4.12. The summed E-state index contributed by atoms with van der Waals surface area (Å²) in [6.45, 7) is 4.82. The number of amides is 1. The zero-order valence-electron chi connectivity index (χ0n) is 17.9. The second kappa shape index (κ2) is 8.91. The fourth-order valence-electron chi connectivity index (χ4n) is 4.12. The van der Waals surface area contributed by atoms with Gasteiger partial charge in [0.1, 0.15) is 23.6 Å². The van der Waals surface area contributed by atoms with Crippen molar-refractivity contribution in [3.05, 3.63) is 58.5 Å². The number of fused-ring (bicyclic) bond motifs is 1. The van der Waals surface area contributed by atoms with Gasteiger partial charge < -0.3 is 9.64 Å². The number of piperidine rings is 1. The Labute approximate surface area is 184 Å². The third-order valence-electron chi connectivity index (χ3n) is 5.90. The summed E-state index contributed by atoms with van der Waals surface area (Å²) in [5.41, 5.74) is 3.55. The fraction of sp³-hybridized carbons (Fsp3) is 0.391. The third-order valence-corrected chi connectivity index (χ3v) is 5.90. The number of likely N-dealkylation sites (tertiary alicyclic amines) is 1. The van der Waals surface area contributed by atoms with Crippen molar-refractivity contribution in [2.24, 2.45) is 0 Å². The molecule has 1 aliphatic heterocycles. The first kappa shape index (κ1) is 21.7. The van der Waals surface area contributed by atoms with E-state index in [9.17, 15) is 18.8 Å². The SMILES string of the molecule is Cc1nc2c(C#N)cnn2c(C)c1CCC(=O)N1CCC(Oc2ccc(F)cc2F)CC1. The van der Waals surface area contributed by atoms with Crippen LogP contribution in [0, 0.1) is 36.8 Å². The molecule has 0 radical (unpaired) electrons. The first-order chi connectivity index (χ1) is 15.4. The number of benzene rings is 1. The average Bonchev–Trinajstić information content (AvgIpc) is 3.19. The maximum Gasteiger partial charge on any atom is 0.222 e. The highest BCUT2D eigenvalue weighted by molar-refractivity contribution is 5.76. The lowest BCUT2D eigenvalue weighted by Crippen LogP contribution is -2.42. The van der Waals surface area contributed by atoms with Crippen LogP contribution in [-0.2, 0) is 11.2 Å². The predicted molar refractivity (Wildman–Crippen MR) is 112 cm³/mol. The Kier molecular flexibility index (Phi) is 6.04. The molecule has 0 spiro atoms. The number of nitrogens with zero attached hydrogens (tertiary/aromatic N) is 5. The molecule has 166 valence electrons. The number of ether oxygens (including phenoxy) is 1. The van der Waals surface area contributed by atoms with Crippen molar-refractivity contribution in [2.45, 2.75) is 45.6 Å². The molecule has 0 bridgehead atoms. The standard InChI is InChI=1S/C23H23F2N5O2/c1-14-19(15(2)30-23(28-14)16(12-26)13-27-30)4-6-22(31)29-9-7-18(8-10-29)32-21-5-3-17(24)11-20(21)25/h3,5,11,13,18H,4,6-10H2,1-2H3. The number of carbonyl (C=O) groups excluding carboxylic acids is 1. The van der Waals surface area contributed by atoms with Gasteiger partial charge in [-0.3, -0.25) is 4.79 Å². The molecule has 0 unspecified atom stereocenters. The molecule has 0 saturated carbocycles. The Bertz CT molecular complexity index is 1210. The molecule has 4 rings (SSSR count). The van der Waals surface area contributed by atoms with Crippen LogP contribution in [0.1, 0.15) is 41.8 Å². The van der Waals surface area contributed by atoms with Crippen LogP contribution < -0.4 is 4.74 Å². The van der Waals surface area contributed by atoms with Crippen molar-refractivity contribution >= 4 is 11.6 Å². The van der Waals surface area contributed by atoms with Gasteiger partial charge in [-0.15, -0.1) is 0 Å². The normalized spacial score (nSPS) is 14.5.